The second kappa shape index (κ2) is 8.09. The van der Waals surface area contributed by atoms with Crippen LogP contribution in [0.25, 0.3) is 0 Å². The molecule has 0 aliphatic carbocycles. The van der Waals surface area contributed by atoms with Crippen molar-refractivity contribution in [2.45, 2.75) is 46.5 Å². The number of carboxylic acid groups (broad SMARTS) is 2. The normalized spacial score (nSPS) is 12.7. The van der Waals surface area contributed by atoms with Gasteiger partial charge in [-0.3, -0.25) is 9.59 Å². The molecule has 90 valence electrons. The van der Waals surface area contributed by atoms with Crippen molar-refractivity contribution in [1.29, 1.82) is 0 Å². The van der Waals surface area contributed by atoms with E-state index in [-0.39, 0.29) is 35.5 Å². The molecule has 0 saturated carbocycles. The maximum absolute atomic E-state index is 11.0. The van der Waals surface area contributed by atoms with Crippen molar-refractivity contribution >= 4 is 41.5 Å². The molecule has 0 aliphatic rings. The molecule has 16 heavy (non-hydrogen) atoms. The quantitative estimate of drug-likeness (QED) is 0.525. The van der Waals surface area contributed by atoms with E-state index in [0.29, 0.717) is 12.8 Å². The minimum atomic E-state index is -1.65. The zero-order valence-electron chi connectivity index (χ0n) is 9.62. The van der Waals surface area contributed by atoms with Gasteiger partial charge < -0.3 is 10.2 Å². The third kappa shape index (κ3) is 4.07. The number of rotatable bonds is 7. The first-order chi connectivity index (χ1) is 6.91. The SMILES string of the molecule is CCCCC(CC)C(C)(C(=O)O)C(=O)O.[NaH]. The van der Waals surface area contributed by atoms with Crippen LogP contribution in [0.1, 0.15) is 46.5 Å². The number of unbranched alkanes of at least 4 members (excludes halogenated alkanes) is 1. The molecular weight excluding hydrogens is 219 g/mol. The van der Waals surface area contributed by atoms with Crippen molar-refractivity contribution in [2.75, 3.05) is 0 Å². The van der Waals surface area contributed by atoms with E-state index in [9.17, 15) is 9.59 Å². The average molecular weight is 240 g/mol. The number of hydrogen-bond donors (Lipinski definition) is 2. The Morgan fingerprint density at radius 3 is 1.88 bits per heavy atom. The zero-order chi connectivity index (χ0) is 12.1. The molecule has 0 spiro atoms. The van der Waals surface area contributed by atoms with E-state index in [1.807, 2.05) is 13.8 Å². The molecule has 1 atom stereocenters. The molecule has 0 aromatic carbocycles. The van der Waals surface area contributed by atoms with Gasteiger partial charge in [0.25, 0.3) is 0 Å². The van der Waals surface area contributed by atoms with Gasteiger partial charge in [0, 0.05) is 0 Å². The molecule has 4 nitrogen and oxygen atoms in total. The van der Waals surface area contributed by atoms with Gasteiger partial charge >= 0.3 is 41.5 Å². The molecule has 2 N–H and O–H groups in total. The third-order valence-corrected chi connectivity index (χ3v) is 3.10. The summed E-state index contributed by atoms with van der Waals surface area (Å²) < 4.78 is 0. The summed E-state index contributed by atoms with van der Waals surface area (Å²) in [7, 11) is 0. The summed E-state index contributed by atoms with van der Waals surface area (Å²) in [6.07, 6.45) is 3.05. The first-order valence-corrected chi connectivity index (χ1v) is 5.37. The van der Waals surface area contributed by atoms with Crippen LogP contribution in [0.4, 0.5) is 0 Å². The number of aliphatic carboxylic acids is 2. The molecule has 0 rings (SSSR count). The Labute approximate surface area is 119 Å². The molecule has 0 fully saturated rings. The molecule has 5 heteroatoms. The van der Waals surface area contributed by atoms with Crippen LogP contribution >= 0.6 is 0 Å². The first kappa shape index (κ1) is 18.3. The predicted molar refractivity (Wildman–Crippen MR) is 63.8 cm³/mol. The third-order valence-electron chi connectivity index (χ3n) is 3.10. The number of carboxylic acids is 2. The Kier molecular flexibility index (Phi) is 9.26. The Morgan fingerprint density at radius 2 is 1.62 bits per heavy atom. The fraction of sp³-hybridized carbons (Fsp3) is 0.818. The molecule has 0 radical (unpaired) electrons. The minimum absolute atomic E-state index is 0. The van der Waals surface area contributed by atoms with Crippen molar-refractivity contribution in [2.24, 2.45) is 11.3 Å². The predicted octanol–water partition coefficient (Wildman–Crippen LogP) is 1.73. The van der Waals surface area contributed by atoms with Crippen LogP contribution < -0.4 is 0 Å². The van der Waals surface area contributed by atoms with Gasteiger partial charge in [-0.2, -0.15) is 0 Å². The summed E-state index contributed by atoms with van der Waals surface area (Å²) in [4.78, 5) is 22.1. The van der Waals surface area contributed by atoms with E-state index in [0.717, 1.165) is 12.8 Å². The molecule has 0 heterocycles. The summed E-state index contributed by atoms with van der Waals surface area (Å²) in [6.45, 7) is 5.15. The monoisotopic (exact) mass is 240 g/mol. The van der Waals surface area contributed by atoms with E-state index in [1.54, 1.807) is 0 Å². The standard InChI is InChI=1S/C11H20O4.Na.H/c1-4-6-7-8(5-2)11(3,9(12)13)10(14)15;;/h8H,4-7H2,1-3H3,(H,12,13)(H,14,15);;. The van der Waals surface area contributed by atoms with Crippen molar-refractivity contribution in [3.05, 3.63) is 0 Å². The van der Waals surface area contributed by atoms with Crippen LogP contribution in [0, 0.1) is 11.3 Å². The van der Waals surface area contributed by atoms with Crippen molar-refractivity contribution in [3.63, 3.8) is 0 Å². The van der Waals surface area contributed by atoms with Crippen LogP contribution in [-0.2, 0) is 9.59 Å². The molecular formula is C11H21NaO4. The van der Waals surface area contributed by atoms with E-state index in [2.05, 4.69) is 0 Å². The van der Waals surface area contributed by atoms with Gasteiger partial charge in [-0.15, -0.1) is 0 Å². The van der Waals surface area contributed by atoms with Crippen LogP contribution in [0.3, 0.4) is 0 Å². The van der Waals surface area contributed by atoms with Gasteiger partial charge in [0.2, 0.25) is 0 Å². The van der Waals surface area contributed by atoms with Crippen LogP contribution in [0.5, 0.6) is 0 Å². The zero-order valence-corrected chi connectivity index (χ0v) is 9.62. The van der Waals surface area contributed by atoms with E-state index in [1.165, 1.54) is 6.92 Å². The Morgan fingerprint density at radius 1 is 1.19 bits per heavy atom. The molecule has 0 bridgehead atoms. The summed E-state index contributed by atoms with van der Waals surface area (Å²) in [5, 5.41) is 18.0. The fourth-order valence-corrected chi connectivity index (χ4v) is 1.79. The molecule has 1 unspecified atom stereocenters. The second-order valence-corrected chi connectivity index (χ2v) is 4.06. The summed E-state index contributed by atoms with van der Waals surface area (Å²) in [5.41, 5.74) is -1.65. The molecule has 0 aromatic rings. The number of hydrogen-bond acceptors (Lipinski definition) is 2. The molecule has 0 aromatic heterocycles. The van der Waals surface area contributed by atoms with Gasteiger partial charge in [-0.25, -0.2) is 0 Å². The molecule has 0 amide bonds. The second-order valence-electron chi connectivity index (χ2n) is 4.06. The van der Waals surface area contributed by atoms with Gasteiger partial charge in [0.05, 0.1) is 0 Å². The van der Waals surface area contributed by atoms with Gasteiger partial charge in [-0.1, -0.05) is 33.1 Å². The van der Waals surface area contributed by atoms with Gasteiger partial charge in [0.1, 0.15) is 0 Å². The fourth-order valence-electron chi connectivity index (χ4n) is 1.79. The molecule has 0 aliphatic heterocycles. The van der Waals surface area contributed by atoms with Crippen molar-refractivity contribution < 1.29 is 19.8 Å². The summed E-state index contributed by atoms with van der Waals surface area (Å²) in [6, 6.07) is 0. The number of carbonyl (C=O) groups is 2. The topological polar surface area (TPSA) is 74.6 Å². The molecule has 0 saturated heterocycles. The van der Waals surface area contributed by atoms with Crippen LogP contribution in [0.2, 0.25) is 0 Å². The Hall–Kier alpha value is -0.0600. The van der Waals surface area contributed by atoms with Crippen LogP contribution in [-0.4, -0.2) is 51.7 Å². The average Bonchev–Trinajstić information content (AvgIpc) is 2.17. The summed E-state index contributed by atoms with van der Waals surface area (Å²) in [5.74, 6) is -2.77. The Balaban J connectivity index is 0. The van der Waals surface area contributed by atoms with Crippen molar-refractivity contribution in [1.82, 2.24) is 0 Å². The summed E-state index contributed by atoms with van der Waals surface area (Å²) >= 11 is 0. The van der Waals surface area contributed by atoms with Gasteiger partial charge in [0.15, 0.2) is 5.41 Å². The maximum atomic E-state index is 11.0. The van der Waals surface area contributed by atoms with E-state index >= 15 is 0 Å². The Bertz CT molecular complexity index is 226. The van der Waals surface area contributed by atoms with E-state index < -0.39 is 17.4 Å². The van der Waals surface area contributed by atoms with Crippen molar-refractivity contribution in [3.8, 4) is 0 Å². The first-order valence-electron chi connectivity index (χ1n) is 5.37. The van der Waals surface area contributed by atoms with Crippen LogP contribution in [0.15, 0.2) is 0 Å². The van der Waals surface area contributed by atoms with E-state index in [4.69, 9.17) is 10.2 Å². The van der Waals surface area contributed by atoms with Gasteiger partial charge in [-0.05, 0) is 19.3 Å².